The molecule has 1 aliphatic rings. The van der Waals surface area contributed by atoms with Gasteiger partial charge in [-0.25, -0.2) is 0 Å². The first-order chi connectivity index (χ1) is 6.63. The van der Waals surface area contributed by atoms with Gasteiger partial charge in [-0.3, -0.25) is 0 Å². The molecule has 1 nitrogen and oxygen atoms in total. The normalized spacial score (nSPS) is 25.8. The van der Waals surface area contributed by atoms with Gasteiger partial charge in [0.1, 0.15) is 0 Å². The second kappa shape index (κ2) is 3.67. The molecule has 1 aromatic heterocycles. The van der Waals surface area contributed by atoms with Gasteiger partial charge in [-0.2, -0.15) is 0 Å². The van der Waals surface area contributed by atoms with Gasteiger partial charge in [0.05, 0.1) is 0 Å². The molecule has 0 aliphatic heterocycles. The first-order valence-corrected chi connectivity index (χ1v) is 6.27. The molecule has 0 spiro atoms. The second-order valence-electron chi connectivity index (χ2n) is 4.71. The first kappa shape index (κ1) is 10.2. The van der Waals surface area contributed by atoms with Crippen LogP contribution in [0, 0.1) is 5.92 Å². The fourth-order valence-corrected chi connectivity index (χ4v) is 3.70. The van der Waals surface area contributed by atoms with Crippen molar-refractivity contribution in [2.24, 2.45) is 11.7 Å². The van der Waals surface area contributed by atoms with Crippen LogP contribution in [0.2, 0.25) is 0 Å². The summed E-state index contributed by atoms with van der Waals surface area (Å²) in [5, 5.41) is 0. The maximum absolute atomic E-state index is 5.83. The molecule has 2 heteroatoms. The van der Waals surface area contributed by atoms with Crippen molar-refractivity contribution in [2.75, 3.05) is 6.54 Å². The largest absolute Gasteiger partial charge is 0.330 e. The highest BCUT2D eigenvalue weighted by molar-refractivity contribution is 7.12. The van der Waals surface area contributed by atoms with Crippen LogP contribution in [0.25, 0.3) is 0 Å². The van der Waals surface area contributed by atoms with Crippen LogP contribution in [0.15, 0.2) is 6.07 Å². The van der Waals surface area contributed by atoms with Crippen molar-refractivity contribution in [3.05, 3.63) is 21.4 Å². The molecule has 1 aromatic rings. The standard InChI is InChI=1S/C12H19NS/c1-7(2)11-5-9-10(6-13)8(3)4-12(9)14-11/h5,7-8,10H,4,6,13H2,1-3H3. The van der Waals surface area contributed by atoms with E-state index in [0.717, 1.165) is 12.5 Å². The van der Waals surface area contributed by atoms with Crippen molar-refractivity contribution >= 4 is 11.3 Å². The lowest BCUT2D eigenvalue weighted by Crippen LogP contribution is -2.15. The summed E-state index contributed by atoms with van der Waals surface area (Å²) in [6.07, 6.45) is 1.24. The van der Waals surface area contributed by atoms with Crippen LogP contribution in [0.4, 0.5) is 0 Å². The topological polar surface area (TPSA) is 26.0 Å². The molecule has 0 amide bonds. The van der Waals surface area contributed by atoms with Gasteiger partial charge >= 0.3 is 0 Å². The zero-order valence-electron chi connectivity index (χ0n) is 9.21. The molecule has 0 aromatic carbocycles. The summed E-state index contributed by atoms with van der Waals surface area (Å²) >= 11 is 2.00. The molecule has 78 valence electrons. The Hall–Kier alpha value is -0.340. The number of thiophene rings is 1. The van der Waals surface area contributed by atoms with Crippen LogP contribution in [-0.2, 0) is 6.42 Å². The van der Waals surface area contributed by atoms with E-state index in [-0.39, 0.29) is 0 Å². The number of fused-ring (bicyclic) bond motifs is 1. The summed E-state index contributed by atoms with van der Waals surface area (Å²) in [4.78, 5) is 3.12. The molecular formula is C12H19NS. The zero-order chi connectivity index (χ0) is 10.3. The summed E-state index contributed by atoms with van der Waals surface area (Å²) in [6.45, 7) is 7.66. The molecule has 0 bridgehead atoms. The third kappa shape index (κ3) is 1.51. The van der Waals surface area contributed by atoms with Gasteiger partial charge < -0.3 is 5.73 Å². The Bertz CT molecular complexity index is 327. The molecular weight excluding hydrogens is 190 g/mol. The Morgan fingerprint density at radius 1 is 1.57 bits per heavy atom. The highest BCUT2D eigenvalue weighted by Gasteiger charge is 2.30. The maximum atomic E-state index is 5.83. The SMILES string of the molecule is CC(C)c1cc2c(s1)CC(C)C2CN. The minimum Gasteiger partial charge on any atom is -0.330 e. The van der Waals surface area contributed by atoms with Gasteiger partial charge in [0.25, 0.3) is 0 Å². The molecule has 1 aliphatic carbocycles. The third-order valence-corrected chi connectivity index (χ3v) is 4.75. The zero-order valence-corrected chi connectivity index (χ0v) is 10.0. The number of hydrogen-bond donors (Lipinski definition) is 1. The summed E-state index contributed by atoms with van der Waals surface area (Å²) in [6, 6.07) is 2.39. The molecule has 2 atom stereocenters. The van der Waals surface area contributed by atoms with Gasteiger partial charge in [0.2, 0.25) is 0 Å². The van der Waals surface area contributed by atoms with Crippen LogP contribution < -0.4 is 5.73 Å². The Morgan fingerprint density at radius 3 is 2.86 bits per heavy atom. The van der Waals surface area contributed by atoms with Crippen molar-refractivity contribution in [3.8, 4) is 0 Å². The molecule has 2 rings (SSSR count). The third-order valence-electron chi connectivity index (χ3n) is 3.28. The van der Waals surface area contributed by atoms with E-state index in [9.17, 15) is 0 Å². The Labute approximate surface area is 90.3 Å². The van der Waals surface area contributed by atoms with Crippen LogP contribution in [-0.4, -0.2) is 6.54 Å². The smallest absolute Gasteiger partial charge is 0.00865 e. The van der Waals surface area contributed by atoms with Gasteiger partial charge in [-0.1, -0.05) is 20.8 Å². The highest BCUT2D eigenvalue weighted by Crippen LogP contribution is 2.43. The van der Waals surface area contributed by atoms with Gasteiger partial charge in [0.15, 0.2) is 0 Å². The molecule has 2 unspecified atom stereocenters. The number of rotatable bonds is 2. The average molecular weight is 209 g/mol. The van der Waals surface area contributed by atoms with Crippen molar-refractivity contribution < 1.29 is 0 Å². The van der Waals surface area contributed by atoms with Crippen LogP contribution in [0.1, 0.15) is 47.9 Å². The molecule has 2 N–H and O–H groups in total. The van der Waals surface area contributed by atoms with E-state index in [1.165, 1.54) is 11.3 Å². The minimum atomic E-state index is 0.619. The number of hydrogen-bond acceptors (Lipinski definition) is 2. The second-order valence-corrected chi connectivity index (χ2v) is 5.87. The lowest BCUT2D eigenvalue weighted by molar-refractivity contribution is 0.506. The summed E-state index contributed by atoms with van der Waals surface area (Å²) in [5.74, 6) is 2.04. The monoisotopic (exact) mass is 209 g/mol. The van der Waals surface area contributed by atoms with E-state index < -0.39 is 0 Å². The predicted molar refractivity (Wildman–Crippen MR) is 63.1 cm³/mol. The Balaban J connectivity index is 2.33. The molecule has 0 fully saturated rings. The first-order valence-electron chi connectivity index (χ1n) is 5.46. The van der Waals surface area contributed by atoms with Gasteiger partial charge in [-0.15, -0.1) is 11.3 Å². The lowest BCUT2D eigenvalue weighted by Gasteiger charge is -2.13. The lowest BCUT2D eigenvalue weighted by atomic mass is 9.94. The van der Waals surface area contributed by atoms with Gasteiger partial charge in [0, 0.05) is 15.7 Å². The van der Waals surface area contributed by atoms with Crippen LogP contribution in [0.5, 0.6) is 0 Å². The van der Waals surface area contributed by atoms with E-state index in [4.69, 9.17) is 5.73 Å². The van der Waals surface area contributed by atoms with Crippen molar-refractivity contribution in [1.29, 1.82) is 0 Å². The van der Waals surface area contributed by atoms with E-state index in [0.29, 0.717) is 11.8 Å². The fourth-order valence-electron chi connectivity index (χ4n) is 2.32. The Kier molecular flexibility index (Phi) is 2.67. The molecule has 14 heavy (non-hydrogen) atoms. The van der Waals surface area contributed by atoms with E-state index in [1.807, 2.05) is 11.3 Å². The van der Waals surface area contributed by atoms with E-state index >= 15 is 0 Å². The maximum Gasteiger partial charge on any atom is 0.00865 e. The number of nitrogens with two attached hydrogens (primary N) is 1. The summed E-state index contributed by atoms with van der Waals surface area (Å²) < 4.78 is 0. The van der Waals surface area contributed by atoms with Crippen molar-refractivity contribution in [3.63, 3.8) is 0 Å². The molecule has 0 radical (unpaired) electrons. The Morgan fingerprint density at radius 2 is 2.29 bits per heavy atom. The van der Waals surface area contributed by atoms with E-state index in [2.05, 4.69) is 26.8 Å². The highest BCUT2D eigenvalue weighted by atomic mass is 32.1. The average Bonchev–Trinajstić information content (AvgIpc) is 2.60. The summed E-state index contributed by atoms with van der Waals surface area (Å²) in [5.41, 5.74) is 7.38. The molecule has 0 saturated carbocycles. The van der Waals surface area contributed by atoms with Crippen molar-refractivity contribution in [2.45, 2.75) is 39.0 Å². The fraction of sp³-hybridized carbons (Fsp3) is 0.667. The molecule has 1 heterocycles. The van der Waals surface area contributed by atoms with Gasteiger partial charge in [-0.05, 0) is 36.4 Å². The van der Waals surface area contributed by atoms with E-state index in [1.54, 1.807) is 10.4 Å². The summed E-state index contributed by atoms with van der Waals surface area (Å²) in [7, 11) is 0. The minimum absolute atomic E-state index is 0.619. The van der Waals surface area contributed by atoms with Crippen molar-refractivity contribution in [1.82, 2.24) is 0 Å². The molecule has 0 saturated heterocycles. The van der Waals surface area contributed by atoms with Crippen LogP contribution >= 0.6 is 11.3 Å². The quantitative estimate of drug-likeness (QED) is 0.796. The predicted octanol–water partition coefficient (Wildman–Crippen LogP) is 3.11. The van der Waals surface area contributed by atoms with Crippen LogP contribution in [0.3, 0.4) is 0 Å².